The Morgan fingerprint density at radius 1 is 1.21 bits per heavy atom. The zero-order valence-corrected chi connectivity index (χ0v) is 14.8. The molecule has 3 rings (SSSR count). The number of carbonyl (C=O) groups excluding carboxylic acids is 1. The predicted octanol–water partition coefficient (Wildman–Crippen LogP) is 4.30. The van der Waals surface area contributed by atoms with E-state index in [-0.39, 0.29) is 17.3 Å². The van der Waals surface area contributed by atoms with Gasteiger partial charge in [-0.3, -0.25) is 4.79 Å². The van der Waals surface area contributed by atoms with Gasteiger partial charge in [-0.2, -0.15) is 0 Å². The number of carbonyl (C=O) groups is 1. The van der Waals surface area contributed by atoms with E-state index in [0.717, 1.165) is 29.0 Å². The lowest BCUT2D eigenvalue weighted by molar-refractivity contribution is 0.103. The number of ether oxygens (including phenoxy) is 2. The Bertz CT molecular complexity index is 752. The minimum Gasteiger partial charge on any atom is -0.491 e. The van der Waals surface area contributed by atoms with Crippen molar-refractivity contribution >= 4 is 5.78 Å². The standard InChI is InChI=1S/C21H24O3/c1-14-9-15(11-16(10-14)23-12-17-13-24-17)20(22)18-7-5-6-8-19(18)21(2,3)4/h5-11,17H,12-13H2,1-4H3. The van der Waals surface area contributed by atoms with Crippen LogP contribution in [-0.2, 0) is 10.2 Å². The molecule has 1 aliphatic rings. The van der Waals surface area contributed by atoms with Crippen LogP contribution >= 0.6 is 0 Å². The van der Waals surface area contributed by atoms with E-state index in [1.807, 2.05) is 49.4 Å². The molecule has 0 N–H and O–H groups in total. The number of epoxide rings is 1. The fraction of sp³-hybridized carbons (Fsp3) is 0.381. The number of aryl methyl sites for hydroxylation is 1. The van der Waals surface area contributed by atoms with Gasteiger partial charge in [-0.05, 0) is 41.7 Å². The number of benzene rings is 2. The first-order valence-electron chi connectivity index (χ1n) is 8.35. The van der Waals surface area contributed by atoms with E-state index in [9.17, 15) is 4.79 Å². The first kappa shape index (κ1) is 16.7. The van der Waals surface area contributed by atoms with Crippen LogP contribution in [0.1, 0.15) is 47.8 Å². The largest absolute Gasteiger partial charge is 0.491 e. The smallest absolute Gasteiger partial charge is 0.193 e. The van der Waals surface area contributed by atoms with Gasteiger partial charge in [0.1, 0.15) is 18.5 Å². The maximum atomic E-state index is 13.1. The summed E-state index contributed by atoms with van der Waals surface area (Å²) in [6, 6.07) is 13.5. The molecule has 2 aromatic rings. The van der Waals surface area contributed by atoms with Crippen LogP contribution in [0.25, 0.3) is 0 Å². The number of hydrogen-bond donors (Lipinski definition) is 0. The summed E-state index contributed by atoms with van der Waals surface area (Å²) in [5.41, 5.74) is 3.41. The topological polar surface area (TPSA) is 38.8 Å². The summed E-state index contributed by atoms with van der Waals surface area (Å²) in [7, 11) is 0. The predicted molar refractivity (Wildman–Crippen MR) is 95.0 cm³/mol. The summed E-state index contributed by atoms with van der Waals surface area (Å²) in [4.78, 5) is 13.1. The van der Waals surface area contributed by atoms with Crippen LogP contribution in [0.3, 0.4) is 0 Å². The molecule has 3 heteroatoms. The second kappa shape index (κ2) is 6.40. The van der Waals surface area contributed by atoms with E-state index in [0.29, 0.717) is 12.2 Å². The van der Waals surface area contributed by atoms with E-state index in [2.05, 4.69) is 20.8 Å². The summed E-state index contributed by atoms with van der Waals surface area (Å²) in [5.74, 6) is 0.763. The summed E-state index contributed by atoms with van der Waals surface area (Å²) in [5, 5.41) is 0. The van der Waals surface area contributed by atoms with Gasteiger partial charge in [0, 0.05) is 11.1 Å². The Morgan fingerprint density at radius 2 is 1.92 bits per heavy atom. The van der Waals surface area contributed by atoms with E-state index >= 15 is 0 Å². The molecule has 1 aliphatic heterocycles. The molecule has 1 atom stereocenters. The van der Waals surface area contributed by atoms with Crippen molar-refractivity contribution in [3.05, 3.63) is 64.7 Å². The quantitative estimate of drug-likeness (QED) is 0.608. The van der Waals surface area contributed by atoms with Crippen LogP contribution in [0.2, 0.25) is 0 Å². The lowest BCUT2D eigenvalue weighted by Gasteiger charge is -2.22. The van der Waals surface area contributed by atoms with Crippen molar-refractivity contribution < 1.29 is 14.3 Å². The number of hydrogen-bond acceptors (Lipinski definition) is 3. The SMILES string of the molecule is Cc1cc(OCC2CO2)cc(C(=O)c2ccccc2C(C)(C)C)c1. The molecular formula is C21H24O3. The molecule has 0 radical (unpaired) electrons. The average Bonchev–Trinajstić information content (AvgIpc) is 3.35. The third-order valence-corrected chi connectivity index (χ3v) is 4.13. The second-order valence-electron chi connectivity index (χ2n) is 7.43. The minimum absolute atomic E-state index is 0.0387. The molecule has 2 aromatic carbocycles. The summed E-state index contributed by atoms with van der Waals surface area (Å²) in [6.45, 7) is 9.65. The molecule has 3 nitrogen and oxygen atoms in total. The zero-order chi connectivity index (χ0) is 17.3. The number of rotatable bonds is 5. The highest BCUT2D eigenvalue weighted by Gasteiger charge is 2.24. The van der Waals surface area contributed by atoms with Crippen molar-refractivity contribution in [2.45, 2.75) is 39.2 Å². The Kier molecular flexibility index (Phi) is 4.46. The zero-order valence-electron chi connectivity index (χ0n) is 14.8. The number of ketones is 1. The van der Waals surface area contributed by atoms with Gasteiger partial charge in [0.2, 0.25) is 0 Å². The van der Waals surface area contributed by atoms with Crippen molar-refractivity contribution in [3.8, 4) is 5.75 Å². The van der Waals surface area contributed by atoms with Crippen LogP contribution in [0.4, 0.5) is 0 Å². The molecule has 1 saturated heterocycles. The monoisotopic (exact) mass is 324 g/mol. The average molecular weight is 324 g/mol. The summed E-state index contributed by atoms with van der Waals surface area (Å²) < 4.78 is 10.9. The van der Waals surface area contributed by atoms with Crippen LogP contribution in [0.5, 0.6) is 5.75 Å². The molecular weight excluding hydrogens is 300 g/mol. The molecule has 0 saturated carbocycles. The normalized spacial score (nSPS) is 16.8. The summed E-state index contributed by atoms with van der Waals surface area (Å²) >= 11 is 0. The van der Waals surface area contributed by atoms with Crippen molar-refractivity contribution in [2.75, 3.05) is 13.2 Å². The first-order chi connectivity index (χ1) is 11.3. The Hall–Kier alpha value is -2.13. The third-order valence-electron chi connectivity index (χ3n) is 4.13. The van der Waals surface area contributed by atoms with Crippen molar-refractivity contribution in [1.29, 1.82) is 0 Å². The van der Waals surface area contributed by atoms with Gasteiger partial charge in [0.05, 0.1) is 6.61 Å². The van der Waals surface area contributed by atoms with Gasteiger partial charge in [0.25, 0.3) is 0 Å². The van der Waals surface area contributed by atoms with E-state index in [1.165, 1.54) is 0 Å². The maximum absolute atomic E-state index is 13.1. The van der Waals surface area contributed by atoms with Crippen LogP contribution in [0.15, 0.2) is 42.5 Å². The first-order valence-corrected chi connectivity index (χ1v) is 8.35. The molecule has 0 aliphatic carbocycles. The van der Waals surface area contributed by atoms with E-state index in [1.54, 1.807) is 0 Å². The molecule has 0 amide bonds. The van der Waals surface area contributed by atoms with Crippen LogP contribution in [0, 0.1) is 6.92 Å². The molecule has 0 aromatic heterocycles. The Balaban J connectivity index is 1.92. The van der Waals surface area contributed by atoms with Crippen molar-refractivity contribution in [2.24, 2.45) is 0 Å². The summed E-state index contributed by atoms with van der Waals surface area (Å²) in [6.07, 6.45) is 0.200. The molecule has 126 valence electrons. The minimum atomic E-state index is -0.0846. The van der Waals surface area contributed by atoms with Gasteiger partial charge in [-0.25, -0.2) is 0 Å². The lowest BCUT2D eigenvalue weighted by Crippen LogP contribution is -2.17. The molecule has 0 bridgehead atoms. The van der Waals surface area contributed by atoms with Gasteiger partial charge in [-0.1, -0.05) is 45.0 Å². The maximum Gasteiger partial charge on any atom is 0.193 e. The fourth-order valence-electron chi connectivity index (χ4n) is 2.81. The van der Waals surface area contributed by atoms with Gasteiger partial charge in [0.15, 0.2) is 5.78 Å². The molecule has 1 fully saturated rings. The van der Waals surface area contributed by atoms with Gasteiger partial charge >= 0.3 is 0 Å². The second-order valence-corrected chi connectivity index (χ2v) is 7.43. The van der Waals surface area contributed by atoms with Gasteiger partial charge in [-0.15, -0.1) is 0 Å². The highest BCUT2D eigenvalue weighted by Crippen LogP contribution is 2.28. The van der Waals surface area contributed by atoms with Crippen LogP contribution < -0.4 is 4.74 Å². The van der Waals surface area contributed by atoms with Gasteiger partial charge < -0.3 is 9.47 Å². The highest BCUT2D eigenvalue weighted by molar-refractivity contribution is 6.10. The fourth-order valence-corrected chi connectivity index (χ4v) is 2.81. The molecule has 1 heterocycles. The molecule has 24 heavy (non-hydrogen) atoms. The highest BCUT2D eigenvalue weighted by atomic mass is 16.6. The molecule has 0 spiro atoms. The van der Waals surface area contributed by atoms with Crippen molar-refractivity contribution in [1.82, 2.24) is 0 Å². The van der Waals surface area contributed by atoms with Crippen LogP contribution in [-0.4, -0.2) is 25.1 Å². The van der Waals surface area contributed by atoms with E-state index in [4.69, 9.17) is 9.47 Å². The van der Waals surface area contributed by atoms with Crippen molar-refractivity contribution in [3.63, 3.8) is 0 Å². The van der Waals surface area contributed by atoms with E-state index < -0.39 is 0 Å². The third kappa shape index (κ3) is 3.85. The Labute approximate surface area is 143 Å². The lowest BCUT2D eigenvalue weighted by atomic mass is 9.82. The molecule has 1 unspecified atom stereocenters. The Morgan fingerprint density at radius 3 is 2.58 bits per heavy atom.